The van der Waals surface area contributed by atoms with Gasteiger partial charge in [-0.25, -0.2) is 9.37 Å². The van der Waals surface area contributed by atoms with E-state index < -0.39 is 11.9 Å². The number of amides is 2. The molecule has 2 aliphatic carbocycles. The van der Waals surface area contributed by atoms with E-state index in [4.69, 9.17) is 5.73 Å². The molecule has 134 valence electrons. The summed E-state index contributed by atoms with van der Waals surface area (Å²) in [6, 6.07) is 5.93. The van der Waals surface area contributed by atoms with Gasteiger partial charge in [0.25, 0.3) is 5.91 Å². The van der Waals surface area contributed by atoms with Gasteiger partial charge < -0.3 is 10.6 Å². The molecule has 2 aromatic rings. The molecule has 0 spiro atoms. The highest BCUT2D eigenvalue weighted by molar-refractivity contribution is 7.15. The molecule has 1 saturated heterocycles. The predicted molar refractivity (Wildman–Crippen MR) is 95.1 cm³/mol. The Hall–Kier alpha value is -2.28. The largest absolute Gasteiger partial charge is 0.368 e. The van der Waals surface area contributed by atoms with Gasteiger partial charge in [0.2, 0.25) is 5.91 Å². The second-order valence-electron chi connectivity index (χ2n) is 7.41. The van der Waals surface area contributed by atoms with E-state index in [1.807, 2.05) is 0 Å². The molecule has 0 unspecified atom stereocenters. The molecule has 1 aliphatic heterocycles. The molecule has 2 amide bonds. The minimum absolute atomic E-state index is 0.0690. The van der Waals surface area contributed by atoms with E-state index in [0.717, 1.165) is 24.3 Å². The highest BCUT2D eigenvalue weighted by Gasteiger charge is 2.56. The van der Waals surface area contributed by atoms with Crippen LogP contribution >= 0.6 is 11.3 Å². The zero-order valence-corrected chi connectivity index (χ0v) is 14.8. The maximum atomic E-state index is 14.4. The molecule has 0 radical (unpaired) electrons. The van der Waals surface area contributed by atoms with Crippen LogP contribution in [0.1, 0.15) is 47.1 Å². The molecule has 3 atom stereocenters. The summed E-state index contributed by atoms with van der Waals surface area (Å²) in [5.74, 6) is -0.415. The fourth-order valence-corrected chi connectivity index (χ4v) is 5.19. The maximum Gasteiger partial charge on any atom is 0.274 e. The average molecular weight is 371 g/mol. The number of thiazole rings is 1. The first-order valence-corrected chi connectivity index (χ1v) is 9.74. The Morgan fingerprint density at radius 3 is 2.69 bits per heavy atom. The van der Waals surface area contributed by atoms with Crippen LogP contribution in [-0.2, 0) is 4.79 Å². The lowest BCUT2D eigenvalue weighted by Gasteiger charge is -2.24. The Labute approximate surface area is 154 Å². The Bertz CT molecular complexity index is 923. The quantitative estimate of drug-likeness (QED) is 0.898. The van der Waals surface area contributed by atoms with Crippen LogP contribution in [0.4, 0.5) is 4.39 Å². The van der Waals surface area contributed by atoms with Crippen molar-refractivity contribution in [3.63, 3.8) is 0 Å². The number of hydrogen-bond donors (Lipinski definition) is 1. The number of fused-ring (bicyclic) bond motifs is 1. The number of carbonyl (C=O) groups excluding carboxylic acids is 2. The molecule has 26 heavy (non-hydrogen) atoms. The van der Waals surface area contributed by atoms with Crippen molar-refractivity contribution in [3.05, 3.63) is 40.8 Å². The molecular weight excluding hydrogens is 353 g/mol. The lowest BCUT2D eigenvalue weighted by Crippen LogP contribution is -2.46. The zero-order chi connectivity index (χ0) is 18.0. The van der Waals surface area contributed by atoms with Crippen molar-refractivity contribution in [2.45, 2.75) is 43.7 Å². The topological polar surface area (TPSA) is 76.3 Å². The van der Waals surface area contributed by atoms with Crippen LogP contribution in [0.15, 0.2) is 24.3 Å². The summed E-state index contributed by atoms with van der Waals surface area (Å²) in [7, 11) is 0. The van der Waals surface area contributed by atoms with Gasteiger partial charge in [0.15, 0.2) is 0 Å². The van der Waals surface area contributed by atoms with Crippen molar-refractivity contribution in [2.24, 2.45) is 11.7 Å². The van der Waals surface area contributed by atoms with Gasteiger partial charge in [0.05, 0.1) is 9.88 Å². The van der Waals surface area contributed by atoms with Gasteiger partial charge in [-0.1, -0.05) is 18.2 Å². The number of aromatic nitrogens is 1. The van der Waals surface area contributed by atoms with Gasteiger partial charge >= 0.3 is 0 Å². The Morgan fingerprint density at radius 2 is 2.00 bits per heavy atom. The molecule has 2 N–H and O–H groups in total. The SMILES string of the molecule is NC(=O)[C@@H]1C[C@@H]2C[C@@H]2N1C(=O)c1nc(C2CC2)sc1-c1ccccc1F. The summed E-state index contributed by atoms with van der Waals surface area (Å²) >= 11 is 1.39. The number of carbonyl (C=O) groups is 2. The number of likely N-dealkylation sites (tertiary alicyclic amines) is 1. The third kappa shape index (κ3) is 2.45. The smallest absolute Gasteiger partial charge is 0.274 e. The molecule has 1 aromatic heterocycles. The number of hydrogen-bond acceptors (Lipinski definition) is 4. The molecule has 5 rings (SSSR count). The third-order valence-electron chi connectivity index (χ3n) is 5.56. The fourth-order valence-electron chi connectivity index (χ4n) is 3.94. The first kappa shape index (κ1) is 15.9. The van der Waals surface area contributed by atoms with Crippen molar-refractivity contribution < 1.29 is 14.0 Å². The van der Waals surface area contributed by atoms with E-state index in [2.05, 4.69) is 4.98 Å². The number of nitrogens with zero attached hydrogens (tertiary/aromatic N) is 2. The molecular formula is C19H18FN3O2S. The minimum Gasteiger partial charge on any atom is -0.368 e. The normalized spacial score (nSPS) is 26.7. The number of nitrogens with two attached hydrogens (primary N) is 1. The molecule has 5 nitrogen and oxygen atoms in total. The Balaban J connectivity index is 1.59. The monoisotopic (exact) mass is 371 g/mol. The number of primary amides is 1. The lowest BCUT2D eigenvalue weighted by atomic mass is 10.1. The molecule has 7 heteroatoms. The minimum atomic E-state index is -0.578. The van der Waals surface area contributed by atoms with E-state index >= 15 is 0 Å². The van der Waals surface area contributed by atoms with Gasteiger partial charge in [-0.05, 0) is 37.7 Å². The summed E-state index contributed by atoms with van der Waals surface area (Å²) in [6.07, 6.45) is 3.64. The van der Waals surface area contributed by atoms with Crippen molar-refractivity contribution in [3.8, 4) is 10.4 Å². The van der Waals surface area contributed by atoms with Crippen LogP contribution < -0.4 is 5.73 Å². The van der Waals surface area contributed by atoms with Crippen LogP contribution in [0, 0.1) is 11.7 Å². The number of rotatable bonds is 4. The number of piperidine rings is 1. The van der Waals surface area contributed by atoms with E-state index in [9.17, 15) is 14.0 Å². The van der Waals surface area contributed by atoms with Crippen molar-refractivity contribution in [1.82, 2.24) is 9.88 Å². The van der Waals surface area contributed by atoms with E-state index in [0.29, 0.717) is 28.7 Å². The van der Waals surface area contributed by atoms with Crippen LogP contribution in [0.5, 0.6) is 0 Å². The Kier molecular flexibility index (Phi) is 3.44. The van der Waals surface area contributed by atoms with Crippen molar-refractivity contribution in [1.29, 1.82) is 0 Å². The van der Waals surface area contributed by atoms with E-state index in [1.54, 1.807) is 23.1 Å². The molecule has 2 saturated carbocycles. The number of halogens is 1. The van der Waals surface area contributed by atoms with Gasteiger partial charge in [-0.15, -0.1) is 11.3 Å². The number of benzene rings is 1. The van der Waals surface area contributed by atoms with Crippen LogP contribution in [0.3, 0.4) is 0 Å². The second-order valence-corrected chi connectivity index (χ2v) is 8.44. The van der Waals surface area contributed by atoms with Gasteiger partial charge in [0, 0.05) is 17.5 Å². The first-order valence-electron chi connectivity index (χ1n) is 8.92. The first-order chi connectivity index (χ1) is 12.5. The van der Waals surface area contributed by atoms with Crippen LogP contribution in [0.25, 0.3) is 10.4 Å². The van der Waals surface area contributed by atoms with E-state index in [1.165, 1.54) is 17.4 Å². The van der Waals surface area contributed by atoms with E-state index in [-0.39, 0.29) is 23.5 Å². The molecule has 0 bridgehead atoms. The molecule has 1 aromatic carbocycles. The zero-order valence-electron chi connectivity index (χ0n) is 14.0. The predicted octanol–water partition coefficient (Wildman–Crippen LogP) is 2.91. The summed E-state index contributed by atoms with van der Waals surface area (Å²) in [4.78, 5) is 31.8. The van der Waals surface area contributed by atoms with Crippen molar-refractivity contribution in [2.75, 3.05) is 0 Å². The van der Waals surface area contributed by atoms with Gasteiger partial charge in [-0.3, -0.25) is 9.59 Å². The maximum absolute atomic E-state index is 14.4. The molecule has 2 heterocycles. The summed E-state index contributed by atoms with van der Waals surface area (Å²) in [6.45, 7) is 0. The second kappa shape index (κ2) is 5.61. The standard InChI is InChI=1S/C19H18FN3O2S/c20-12-4-2-1-3-11(12)16-15(22-18(26-16)9-5-6-9)19(25)23-13-7-10(13)8-14(23)17(21)24/h1-4,9-10,13-14H,5-8H2,(H2,21,24)/t10-,13-,14-/m0/s1. The fraction of sp³-hybridized carbons (Fsp3) is 0.421. The average Bonchev–Trinajstić information content (AvgIpc) is 3.54. The van der Waals surface area contributed by atoms with Crippen LogP contribution in [0.2, 0.25) is 0 Å². The van der Waals surface area contributed by atoms with Gasteiger partial charge in [-0.2, -0.15) is 0 Å². The lowest BCUT2D eigenvalue weighted by molar-refractivity contribution is -0.122. The highest BCUT2D eigenvalue weighted by atomic mass is 32.1. The van der Waals surface area contributed by atoms with Gasteiger partial charge in [0.1, 0.15) is 17.6 Å². The summed E-state index contributed by atoms with van der Waals surface area (Å²) in [5, 5.41) is 0.883. The van der Waals surface area contributed by atoms with Crippen molar-refractivity contribution >= 4 is 23.2 Å². The third-order valence-corrected chi connectivity index (χ3v) is 6.81. The summed E-state index contributed by atoms with van der Waals surface area (Å²) in [5.41, 5.74) is 6.17. The highest BCUT2D eigenvalue weighted by Crippen LogP contribution is 2.50. The van der Waals surface area contributed by atoms with Crippen LogP contribution in [-0.4, -0.2) is 33.8 Å². The Morgan fingerprint density at radius 1 is 1.23 bits per heavy atom. The molecule has 3 aliphatic rings. The summed E-state index contributed by atoms with van der Waals surface area (Å²) < 4.78 is 14.4. The molecule has 3 fully saturated rings.